The summed E-state index contributed by atoms with van der Waals surface area (Å²) in [7, 11) is 1.49. The highest BCUT2D eigenvalue weighted by Gasteiger charge is 2.18. The first-order valence-corrected chi connectivity index (χ1v) is 9.80. The van der Waals surface area contributed by atoms with Crippen LogP contribution in [-0.4, -0.2) is 25.5 Å². The van der Waals surface area contributed by atoms with Gasteiger partial charge in [-0.3, -0.25) is 9.59 Å². The number of amides is 2. The highest BCUT2D eigenvalue weighted by molar-refractivity contribution is 6.05. The molecule has 2 aromatic carbocycles. The summed E-state index contributed by atoms with van der Waals surface area (Å²) < 4.78 is 16.2. The molecule has 162 valence electrons. The number of methoxy groups -OCH3 is 1. The molecule has 31 heavy (non-hydrogen) atoms. The topological polar surface area (TPSA) is 107 Å². The van der Waals surface area contributed by atoms with Gasteiger partial charge in [0.1, 0.15) is 5.56 Å². The summed E-state index contributed by atoms with van der Waals surface area (Å²) >= 11 is 0. The molecule has 8 heteroatoms. The van der Waals surface area contributed by atoms with Crippen molar-refractivity contribution in [1.29, 1.82) is 0 Å². The monoisotopic (exact) mass is 424 g/mol. The maximum atomic E-state index is 12.7. The van der Waals surface area contributed by atoms with Gasteiger partial charge in [0.25, 0.3) is 5.91 Å². The second kappa shape index (κ2) is 9.34. The highest BCUT2D eigenvalue weighted by atomic mass is 16.5. The summed E-state index contributed by atoms with van der Waals surface area (Å²) in [5.41, 5.74) is 0.703. The molecule has 1 atom stereocenters. The van der Waals surface area contributed by atoms with E-state index < -0.39 is 11.5 Å². The summed E-state index contributed by atoms with van der Waals surface area (Å²) in [6.07, 6.45) is 0. The SMILES string of the molecule is CCOc1c(OC)ccc2cc(C(=O)Nc3ccc([C@@H](C)NC(C)=O)cc3)c(=O)oc12. The number of ether oxygens (including phenoxy) is 2. The third-order valence-corrected chi connectivity index (χ3v) is 4.66. The van der Waals surface area contributed by atoms with Crippen molar-refractivity contribution in [3.8, 4) is 11.5 Å². The van der Waals surface area contributed by atoms with E-state index in [0.717, 1.165) is 5.56 Å². The van der Waals surface area contributed by atoms with Gasteiger partial charge in [0, 0.05) is 18.0 Å². The average molecular weight is 424 g/mol. The van der Waals surface area contributed by atoms with Gasteiger partial charge in [-0.1, -0.05) is 12.1 Å². The van der Waals surface area contributed by atoms with E-state index in [1.807, 2.05) is 6.92 Å². The largest absolute Gasteiger partial charge is 0.493 e. The summed E-state index contributed by atoms with van der Waals surface area (Å²) in [6.45, 7) is 5.48. The Bertz CT molecular complexity index is 1170. The van der Waals surface area contributed by atoms with E-state index in [9.17, 15) is 14.4 Å². The van der Waals surface area contributed by atoms with Gasteiger partial charge in [-0.25, -0.2) is 4.79 Å². The molecule has 8 nitrogen and oxygen atoms in total. The van der Waals surface area contributed by atoms with Crippen LogP contribution in [0.3, 0.4) is 0 Å². The molecule has 0 unspecified atom stereocenters. The van der Waals surface area contributed by atoms with Gasteiger partial charge in [-0.2, -0.15) is 0 Å². The van der Waals surface area contributed by atoms with Crippen LogP contribution in [0.25, 0.3) is 11.0 Å². The molecule has 0 fully saturated rings. The Morgan fingerprint density at radius 1 is 1.13 bits per heavy atom. The van der Waals surface area contributed by atoms with Gasteiger partial charge in [0.2, 0.25) is 11.7 Å². The van der Waals surface area contributed by atoms with Crippen LogP contribution in [0.4, 0.5) is 5.69 Å². The molecule has 0 radical (unpaired) electrons. The van der Waals surface area contributed by atoms with Crippen molar-refractivity contribution in [2.75, 3.05) is 19.0 Å². The standard InChI is InChI=1S/C23H24N2O6/c1-5-30-21-19(29-4)11-8-16-12-18(23(28)31-20(16)21)22(27)25-17-9-6-15(7-10-17)13(2)24-14(3)26/h6-13H,5H2,1-4H3,(H,24,26)(H,25,27)/t13-/m1/s1. The van der Waals surface area contributed by atoms with Crippen molar-refractivity contribution in [2.45, 2.75) is 26.8 Å². The zero-order valence-electron chi connectivity index (χ0n) is 17.8. The quantitative estimate of drug-likeness (QED) is 0.561. The Hall–Kier alpha value is -3.81. The van der Waals surface area contributed by atoms with Gasteiger partial charge in [-0.05, 0) is 49.7 Å². The maximum Gasteiger partial charge on any atom is 0.349 e. The Morgan fingerprint density at radius 3 is 2.45 bits per heavy atom. The number of anilines is 1. The minimum Gasteiger partial charge on any atom is -0.493 e. The van der Waals surface area contributed by atoms with Crippen molar-refractivity contribution in [2.24, 2.45) is 0 Å². The molecule has 3 aromatic rings. The molecular formula is C23H24N2O6. The zero-order valence-corrected chi connectivity index (χ0v) is 17.8. The molecule has 3 rings (SSSR count). The second-order valence-corrected chi connectivity index (χ2v) is 6.89. The van der Waals surface area contributed by atoms with E-state index in [0.29, 0.717) is 29.2 Å². The smallest absolute Gasteiger partial charge is 0.349 e. The van der Waals surface area contributed by atoms with Crippen LogP contribution >= 0.6 is 0 Å². The molecule has 0 spiro atoms. The molecule has 1 heterocycles. The van der Waals surface area contributed by atoms with Crippen molar-refractivity contribution in [3.63, 3.8) is 0 Å². The Kier molecular flexibility index (Phi) is 6.59. The molecule has 0 aliphatic carbocycles. The second-order valence-electron chi connectivity index (χ2n) is 6.89. The van der Waals surface area contributed by atoms with Crippen LogP contribution in [0.5, 0.6) is 11.5 Å². The van der Waals surface area contributed by atoms with Gasteiger partial charge in [0.05, 0.1) is 19.8 Å². The first-order valence-electron chi connectivity index (χ1n) is 9.80. The van der Waals surface area contributed by atoms with Gasteiger partial charge in [-0.15, -0.1) is 0 Å². The summed E-state index contributed by atoms with van der Waals surface area (Å²) in [6, 6.07) is 11.7. The first kappa shape index (κ1) is 21.9. The molecule has 2 N–H and O–H groups in total. The minimum absolute atomic E-state index is 0.127. The average Bonchev–Trinajstić information content (AvgIpc) is 2.74. The summed E-state index contributed by atoms with van der Waals surface area (Å²) in [4.78, 5) is 36.4. The van der Waals surface area contributed by atoms with Gasteiger partial charge in [0.15, 0.2) is 11.3 Å². The Labute approximate surface area is 179 Å². The lowest BCUT2D eigenvalue weighted by atomic mass is 10.1. The van der Waals surface area contributed by atoms with E-state index in [-0.39, 0.29) is 23.1 Å². The lowest BCUT2D eigenvalue weighted by Gasteiger charge is -2.14. The molecule has 0 bridgehead atoms. The van der Waals surface area contributed by atoms with E-state index >= 15 is 0 Å². The lowest BCUT2D eigenvalue weighted by Crippen LogP contribution is -2.23. The molecule has 0 saturated heterocycles. The number of fused-ring (bicyclic) bond motifs is 1. The van der Waals surface area contributed by atoms with Crippen molar-refractivity contribution < 1.29 is 23.5 Å². The van der Waals surface area contributed by atoms with Crippen molar-refractivity contribution in [3.05, 3.63) is 64.0 Å². The molecule has 0 aliphatic rings. The summed E-state index contributed by atoms with van der Waals surface area (Å²) in [5, 5.41) is 6.02. The Balaban J connectivity index is 1.86. The Morgan fingerprint density at radius 2 is 1.84 bits per heavy atom. The molecule has 2 amide bonds. The van der Waals surface area contributed by atoms with E-state index in [2.05, 4.69) is 10.6 Å². The molecule has 0 aliphatic heterocycles. The predicted octanol–water partition coefficient (Wildman–Crippen LogP) is 3.65. The van der Waals surface area contributed by atoms with Crippen LogP contribution in [0.1, 0.15) is 42.7 Å². The summed E-state index contributed by atoms with van der Waals surface area (Å²) in [5.74, 6) is 0.0313. The fourth-order valence-electron chi connectivity index (χ4n) is 3.18. The third-order valence-electron chi connectivity index (χ3n) is 4.66. The van der Waals surface area contributed by atoms with E-state index in [1.165, 1.54) is 20.1 Å². The van der Waals surface area contributed by atoms with Crippen LogP contribution < -0.4 is 25.7 Å². The number of carbonyl (C=O) groups excluding carboxylic acids is 2. The van der Waals surface area contributed by atoms with Gasteiger partial charge < -0.3 is 24.5 Å². The lowest BCUT2D eigenvalue weighted by molar-refractivity contribution is -0.119. The molecular weight excluding hydrogens is 400 g/mol. The van der Waals surface area contributed by atoms with E-state index in [1.54, 1.807) is 43.3 Å². The number of nitrogens with one attached hydrogen (secondary N) is 2. The third kappa shape index (κ3) is 4.85. The number of carbonyl (C=O) groups is 2. The van der Waals surface area contributed by atoms with Crippen LogP contribution in [0, 0.1) is 0 Å². The predicted molar refractivity (Wildman–Crippen MR) is 117 cm³/mol. The zero-order chi connectivity index (χ0) is 22.5. The number of rotatable bonds is 7. The van der Waals surface area contributed by atoms with Crippen LogP contribution in [-0.2, 0) is 4.79 Å². The normalized spacial score (nSPS) is 11.6. The molecule has 1 aromatic heterocycles. The fraction of sp³-hybridized carbons (Fsp3) is 0.261. The highest BCUT2D eigenvalue weighted by Crippen LogP contribution is 2.35. The maximum absolute atomic E-state index is 12.7. The number of benzene rings is 2. The van der Waals surface area contributed by atoms with Crippen molar-refractivity contribution >= 4 is 28.5 Å². The number of hydrogen-bond donors (Lipinski definition) is 2. The van der Waals surface area contributed by atoms with E-state index in [4.69, 9.17) is 13.9 Å². The van der Waals surface area contributed by atoms with Gasteiger partial charge >= 0.3 is 5.63 Å². The van der Waals surface area contributed by atoms with Crippen LogP contribution in [0.2, 0.25) is 0 Å². The first-order chi connectivity index (χ1) is 14.8. The fourth-order valence-corrected chi connectivity index (χ4v) is 3.18. The van der Waals surface area contributed by atoms with Crippen molar-refractivity contribution in [1.82, 2.24) is 5.32 Å². The van der Waals surface area contributed by atoms with Crippen LogP contribution in [0.15, 0.2) is 51.7 Å². The minimum atomic E-state index is -0.782. The number of hydrogen-bond acceptors (Lipinski definition) is 6. The molecule has 0 saturated carbocycles.